The number of pyridine rings is 1. The van der Waals surface area contributed by atoms with Crippen molar-refractivity contribution in [2.75, 3.05) is 6.61 Å². The second kappa shape index (κ2) is 3.83. The average Bonchev–Trinajstić information content (AvgIpc) is 2.92. The van der Waals surface area contributed by atoms with Gasteiger partial charge in [-0.25, -0.2) is 14.8 Å². The zero-order valence-corrected chi connectivity index (χ0v) is 10.1. The van der Waals surface area contributed by atoms with Crippen LogP contribution in [0.25, 0.3) is 22.1 Å². The predicted molar refractivity (Wildman–Crippen MR) is 66.3 cm³/mol. The maximum atomic E-state index is 11.7. The predicted octanol–water partition coefficient (Wildman–Crippen LogP) is 1.63. The number of hydrogen-bond acceptors (Lipinski definition) is 4. The summed E-state index contributed by atoms with van der Waals surface area (Å²) >= 11 is 0. The first-order chi connectivity index (χ1) is 8.70. The monoisotopic (exact) mass is 244 g/mol. The van der Waals surface area contributed by atoms with Crippen molar-refractivity contribution in [3.63, 3.8) is 0 Å². The van der Waals surface area contributed by atoms with Gasteiger partial charge in [-0.05, 0) is 13.0 Å². The normalized spacial score (nSPS) is 11.2. The molecular formula is C12H12N4O2. The molecule has 0 aliphatic heterocycles. The van der Waals surface area contributed by atoms with E-state index in [0.29, 0.717) is 17.9 Å². The Bertz CT molecular complexity index is 741. The van der Waals surface area contributed by atoms with Crippen LogP contribution in [0, 0.1) is 0 Å². The lowest BCUT2D eigenvalue weighted by Crippen LogP contribution is -2.04. The number of aryl methyl sites for hydroxylation is 1. The summed E-state index contributed by atoms with van der Waals surface area (Å²) in [6.45, 7) is 2.13. The van der Waals surface area contributed by atoms with Crippen LogP contribution in [0.3, 0.4) is 0 Å². The molecule has 0 unspecified atom stereocenters. The minimum Gasteiger partial charge on any atom is -0.461 e. The summed E-state index contributed by atoms with van der Waals surface area (Å²) in [7, 11) is 1.91. The van der Waals surface area contributed by atoms with E-state index in [1.165, 1.54) is 0 Å². The summed E-state index contributed by atoms with van der Waals surface area (Å²) < 4.78 is 6.87. The summed E-state index contributed by atoms with van der Waals surface area (Å²) in [6, 6.07) is 1.75. The average molecular weight is 244 g/mol. The first-order valence-corrected chi connectivity index (χ1v) is 5.66. The van der Waals surface area contributed by atoms with Gasteiger partial charge in [-0.3, -0.25) is 0 Å². The molecule has 0 saturated heterocycles. The van der Waals surface area contributed by atoms with Crippen molar-refractivity contribution >= 4 is 28.0 Å². The van der Waals surface area contributed by atoms with Crippen LogP contribution < -0.4 is 0 Å². The van der Waals surface area contributed by atoms with Crippen LogP contribution >= 0.6 is 0 Å². The molecule has 0 saturated carbocycles. The van der Waals surface area contributed by atoms with E-state index >= 15 is 0 Å². The number of fused-ring (bicyclic) bond motifs is 3. The van der Waals surface area contributed by atoms with Crippen molar-refractivity contribution in [1.82, 2.24) is 19.5 Å². The highest BCUT2D eigenvalue weighted by Gasteiger charge is 2.14. The Morgan fingerprint density at radius 2 is 2.33 bits per heavy atom. The Hall–Kier alpha value is -2.37. The first-order valence-electron chi connectivity index (χ1n) is 5.66. The third kappa shape index (κ3) is 1.46. The topological polar surface area (TPSA) is 72.8 Å². The molecule has 0 atom stereocenters. The van der Waals surface area contributed by atoms with Crippen molar-refractivity contribution in [2.24, 2.45) is 7.05 Å². The number of aromatic amines is 1. The van der Waals surface area contributed by atoms with Gasteiger partial charge in [0, 0.05) is 12.4 Å². The van der Waals surface area contributed by atoms with Crippen molar-refractivity contribution in [2.45, 2.75) is 6.92 Å². The fraction of sp³-hybridized carbons (Fsp3) is 0.250. The quantitative estimate of drug-likeness (QED) is 0.695. The van der Waals surface area contributed by atoms with Crippen LogP contribution in [-0.4, -0.2) is 32.1 Å². The van der Waals surface area contributed by atoms with Crippen LogP contribution in [0.2, 0.25) is 0 Å². The van der Waals surface area contributed by atoms with E-state index in [1.807, 2.05) is 11.6 Å². The number of nitrogens with zero attached hydrogens (tertiary/aromatic N) is 3. The maximum Gasteiger partial charge on any atom is 0.354 e. The number of ether oxygens (including phenoxy) is 1. The molecule has 3 rings (SSSR count). The highest BCUT2D eigenvalue weighted by atomic mass is 16.5. The largest absolute Gasteiger partial charge is 0.461 e. The number of aromatic nitrogens is 4. The maximum absolute atomic E-state index is 11.7. The van der Waals surface area contributed by atoms with Gasteiger partial charge in [-0.2, -0.15) is 0 Å². The molecule has 3 aromatic rings. The molecule has 6 nitrogen and oxygen atoms in total. The standard InChI is InChI=1S/C12H12N4O2/c1-3-18-12(17)8-4-7-10-9(14-6-16(10)2)5-13-11(7)15-8/h4-6H,3H2,1-2H3,(H,13,15). The zero-order chi connectivity index (χ0) is 12.7. The number of H-pyrrole nitrogens is 1. The second-order valence-electron chi connectivity index (χ2n) is 4.01. The molecule has 6 heteroatoms. The highest BCUT2D eigenvalue weighted by Crippen LogP contribution is 2.23. The Morgan fingerprint density at radius 3 is 3.11 bits per heavy atom. The number of carbonyl (C=O) groups excluding carboxylic acids is 1. The number of imidazole rings is 1. The van der Waals surface area contributed by atoms with E-state index in [2.05, 4.69) is 15.0 Å². The third-order valence-electron chi connectivity index (χ3n) is 2.83. The highest BCUT2D eigenvalue weighted by molar-refractivity contribution is 6.04. The van der Waals surface area contributed by atoms with Gasteiger partial charge in [0.15, 0.2) is 0 Å². The smallest absolute Gasteiger partial charge is 0.354 e. The van der Waals surface area contributed by atoms with E-state index < -0.39 is 0 Å². The fourth-order valence-corrected chi connectivity index (χ4v) is 2.04. The van der Waals surface area contributed by atoms with Crippen molar-refractivity contribution in [3.05, 3.63) is 24.3 Å². The van der Waals surface area contributed by atoms with E-state index in [9.17, 15) is 4.79 Å². The summed E-state index contributed by atoms with van der Waals surface area (Å²) in [4.78, 5) is 23.1. The van der Waals surface area contributed by atoms with E-state index in [4.69, 9.17) is 4.74 Å². The molecule has 0 amide bonds. The van der Waals surface area contributed by atoms with Crippen LogP contribution in [0.1, 0.15) is 17.4 Å². The van der Waals surface area contributed by atoms with Crippen molar-refractivity contribution in [3.8, 4) is 0 Å². The molecule has 0 bridgehead atoms. The van der Waals surface area contributed by atoms with Crippen LogP contribution in [0.5, 0.6) is 0 Å². The van der Waals surface area contributed by atoms with Gasteiger partial charge in [0.25, 0.3) is 0 Å². The van der Waals surface area contributed by atoms with Gasteiger partial charge in [0.05, 0.1) is 24.6 Å². The lowest BCUT2D eigenvalue weighted by atomic mass is 10.3. The summed E-state index contributed by atoms with van der Waals surface area (Å²) in [5.74, 6) is -0.370. The third-order valence-corrected chi connectivity index (χ3v) is 2.83. The van der Waals surface area contributed by atoms with Gasteiger partial charge in [0.1, 0.15) is 16.9 Å². The Balaban J connectivity index is 2.25. The number of hydrogen-bond donors (Lipinski definition) is 1. The molecule has 0 aromatic carbocycles. The molecule has 0 aliphatic carbocycles. The van der Waals surface area contributed by atoms with Crippen molar-refractivity contribution in [1.29, 1.82) is 0 Å². The Kier molecular flexibility index (Phi) is 2.29. The van der Waals surface area contributed by atoms with E-state index in [1.54, 1.807) is 25.5 Å². The number of rotatable bonds is 2. The molecule has 92 valence electrons. The van der Waals surface area contributed by atoms with E-state index in [-0.39, 0.29) is 5.97 Å². The van der Waals surface area contributed by atoms with Gasteiger partial charge in [-0.1, -0.05) is 0 Å². The van der Waals surface area contributed by atoms with Gasteiger partial charge in [-0.15, -0.1) is 0 Å². The SMILES string of the molecule is CCOC(=O)c1cc2c(ncc3ncn(C)c32)[nH]1. The van der Waals surface area contributed by atoms with Crippen molar-refractivity contribution < 1.29 is 9.53 Å². The second-order valence-corrected chi connectivity index (χ2v) is 4.01. The molecule has 0 fully saturated rings. The number of carbonyl (C=O) groups is 1. The molecule has 3 heterocycles. The minimum atomic E-state index is -0.370. The van der Waals surface area contributed by atoms with Gasteiger partial charge >= 0.3 is 5.97 Å². The van der Waals surface area contributed by atoms with Gasteiger partial charge in [0.2, 0.25) is 0 Å². The first kappa shape index (κ1) is 10.8. The van der Waals surface area contributed by atoms with E-state index in [0.717, 1.165) is 16.4 Å². The number of esters is 1. The lowest BCUT2D eigenvalue weighted by Gasteiger charge is -1.96. The molecule has 18 heavy (non-hydrogen) atoms. The molecule has 0 radical (unpaired) electrons. The summed E-state index contributed by atoms with van der Waals surface area (Å²) in [5, 5.41) is 0.871. The van der Waals surface area contributed by atoms with Crippen LogP contribution in [0.4, 0.5) is 0 Å². The molecule has 1 N–H and O–H groups in total. The number of nitrogens with one attached hydrogen (secondary N) is 1. The summed E-state index contributed by atoms with van der Waals surface area (Å²) in [5.41, 5.74) is 2.83. The molecular weight excluding hydrogens is 232 g/mol. The zero-order valence-electron chi connectivity index (χ0n) is 10.1. The Morgan fingerprint density at radius 1 is 1.50 bits per heavy atom. The molecule has 3 aromatic heterocycles. The molecule has 0 aliphatic rings. The van der Waals surface area contributed by atoms with Crippen LogP contribution in [-0.2, 0) is 11.8 Å². The lowest BCUT2D eigenvalue weighted by molar-refractivity contribution is 0.0520. The molecule has 0 spiro atoms. The van der Waals surface area contributed by atoms with Crippen LogP contribution in [0.15, 0.2) is 18.6 Å². The van der Waals surface area contributed by atoms with Gasteiger partial charge < -0.3 is 14.3 Å². The fourth-order valence-electron chi connectivity index (χ4n) is 2.04. The Labute approximate surface area is 103 Å². The summed E-state index contributed by atoms with van der Waals surface area (Å²) in [6.07, 6.45) is 3.41. The minimum absolute atomic E-state index is 0.350.